The fourth-order valence-corrected chi connectivity index (χ4v) is 1.04. The molecule has 0 bridgehead atoms. The highest BCUT2D eigenvalue weighted by Crippen LogP contribution is 2.12. The van der Waals surface area contributed by atoms with Crippen molar-refractivity contribution in [3.05, 3.63) is 35.4 Å². The van der Waals surface area contributed by atoms with E-state index in [-0.39, 0.29) is 11.1 Å². The predicted molar refractivity (Wildman–Crippen MR) is 60.7 cm³/mol. The van der Waals surface area contributed by atoms with Gasteiger partial charge in [-0.15, -0.1) is 0 Å². The maximum Gasteiger partial charge on any atom is 0.377 e. The number of hydrogen-bond donors (Lipinski definition) is 1. The largest absolute Gasteiger partial charge is 0.478 e. The van der Waals surface area contributed by atoms with E-state index in [1.165, 1.54) is 24.3 Å². The first kappa shape index (κ1) is 14.1. The number of carboxylic acids is 1. The van der Waals surface area contributed by atoms with Gasteiger partial charge in [-0.25, -0.2) is 9.59 Å². The number of rotatable bonds is 4. The first-order chi connectivity index (χ1) is 8.31. The second-order valence-electron chi connectivity index (χ2n) is 4.49. The number of carbonyl (C=O) groups is 2. The molecule has 18 heavy (non-hydrogen) atoms. The van der Waals surface area contributed by atoms with Crippen molar-refractivity contribution < 1.29 is 29.5 Å². The van der Waals surface area contributed by atoms with Gasteiger partial charge in [0.2, 0.25) is 0 Å². The molecule has 0 fully saturated rings. The topological polar surface area (TPSA) is 82.1 Å². The van der Waals surface area contributed by atoms with Crippen molar-refractivity contribution in [3.8, 4) is 0 Å². The Morgan fingerprint density at radius 3 is 2.17 bits per heavy atom. The number of hydrogen-bond acceptors (Lipinski definition) is 5. The van der Waals surface area contributed by atoms with Crippen molar-refractivity contribution in [3.63, 3.8) is 0 Å². The Labute approximate surface area is 104 Å². The molecule has 0 saturated carbocycles. The summed E-state index contributed by atoms with van der Waals surface area (Å²) in [4.78, 5) is 31.5. The molecule has 1 rings (SSSR count). The molecule has 0 spiro atoms. The fourth-order valence-electron chi connectivity index (χ4n) is 1.04. The van der Waals surface area contributed by atoms with Crippen LogP contribution in [0.15, 0.2) is 24.3 Å². The SMILES string of the molecule is CC(C)(C)OOOC(=O)c1ccccc1C(=O)O. The molecule has 0 atom stereocenters. The molecule has 0 radical (unpaired) electrons. The van der Waals surface area contributed by atoms with E-state index < -0.39 is 17.5 Å². The van der Waals surface area contributed by atoms with Gasteiger partial charge in [-0.2, -0.15) is 4.89 Å². The Kier molecular flexibility index (Phi) is 4.41. The zero-order chi connectivity index (χ0) is 13.8. The third-order valence-electron chi connectivity index (χ3n) is 1.77. The van der Waals surface area contributed by atoms with Crippen LogP contribution < -0.4 is 0 Å². The van der Waals surface area contributed by atoms with E-state index in [1.807, 2.05) is 0 Å². The molecule has 0 unspecified atom stereocenters. The highest BCUT2D eigenvalue weighted by Gasteiger charge is 2.19. The van der Waals surface area contributed by atoms with Gasteiger partial charge < -0.3 is 5.11 Å². The predicted octanol–water partition coefficient (Wildman–Crippen LogP) is 2.20. The Morgan fingerprint density at radius 1 is 1.11 bits per heavy atom. The summed E-state index contributed by atoms with van der Waals surface area (Å²) in [6.45, 7) is 5.10. The molecule has 0 saturated heterocycles. The van der Waals surface area contributed by atoms with Crippen molar-refractivity contribution in [2.45, 2.75) is 26.4 Å². The lowest BCUT2D eigenvalue weighted by Crippen LogP contribution is -2.21. The third kappa shape index (κ3) is 4.15. The summed E-state index contributed by atoms with van der Waals surface area (Å²) in [7, 11) is 0. The smallest absolute Gasteiger partial charge is 0.377 e. The number of carbonyl (C=O) groups excluding carboxylic acids is 1. The Balaban J connectivity index is 2.70. The first-order valence-corrected chi connectivity index (χ1v) is 5.20. The van der Waals surface area contributed by atoms with Gasteiger partial charge >= 0.3 is 11.9 Å². The second-order valence-corrected chi connectivity index (χ2v) is 4.49. The summed E-state index contributed by atoms with van der Waals surface area (Å²) in [6, 6.07) is 5.65. The van der Waals surface area contributed by atoms with Crippen LogP contribution in [0.2, 0.25) is 0 Å². The van der Waals surface area contributed by atoms with E-state index in [9.17, 15) is 9.59 Å². The maximum atomic E-state index is 11.6. The van der Waals surface area contributed by atoms with E-state index in [0.29, 0.717) is 0 Å². The fraction of sp³-hybridized carbons (Fsp3) is 0.333. The maximum absolute atomic E-state index is 11.6. The van der Waals surface area contributed by atoms with E-state index in [2.05, 4.69) is 9.93 Å². The van der Waals surface area contributed by atoms with Crippen LogP contribution in [0.25, 0.3) is 0 Å². The van der Waals surface area contributed by atoms with Crippen molar-refractivity contribution in [1.82, 2.24) is 0 Å². The van der Waals surface area contributed by atoms with Crippen molar-refractivity contribution >= 4 is 11.9 Å². The van der Waals surface area contributed by atoms with Crippen LogP contribution in [0.5, 0.6) is 0 Å². The summed E-state index contributed by atoms with van der Waals surface area (Å²) >= 11 is 0. The zero-order valence-corrected chi connectivity index (χ0v) is 10.3. The van der Waals surface area contributed by atoms with E-state index in [0.717, 1.165) is 0 Å². The van der Waals surface area contributed by atoms with Gasteiger partial charge in [-0.1, -0.05) is 12.1 Å². The van der Waals surface area contributed by atoms with Crippen LogP contribution in [0.4, 0.5) is 0 Å². The third-order valence-corrected chi connectivity index (χ3v) is 1.77. The van der Waals surface area contributed by atoms with Crippen molar-refractivity contribution in [2.75, 3.05) is 0 Å². The molecule has 1 N–H and O–H groups in total. The number of aromatic carboxylic acids is 1. The molecular formula is C12H14O6. The lowest BCUT2D eigenvalue weighted by Gasteiger charge is -2.15. The molecular weight excluding hydrogens is 240 g/mol. The van der Waals surface area contributed by atoms with Crippen LogP contribution in [0.1, 0.15) is 41.5 Å². The molecule has 0 aliphatic heterocycles. The average molecular weight is 254 g/mol. The van der Waals surface area contributed by atoms with Crippen LogP contribution in [-0.2, 0) is 14.8 Å². The highest BCUT2D eigenvalue weighted by molar-refractivity contribution is 6.02. The minimum Gasteiger partial charge on any atom is -0.478 e. The number of benzene rings is 1. The monoisotopic (exact) mass is 254 g/mol. The molecule has 98 valence electrons. The number of carboxylic acid groups (broad SMARTS) is 1. The zero-order valence-electron chi connectivity index (χ0n) is 10.3. The van der Waals surface area contributed by atoms with E-state index in [4.69, 9.17) is 9.99 Å². The van der Waals surface area contributed by atoms with Gasteiger partial charge in [0, 0.05) is 0 Å². The Bertz CT molecular complexity index is 446. The van der Waals surface area contributed by atoms with Gasteiger partial charge in [0.15, 0.2) is 0 Å². The lowest BCUT2D eigenvalue weighted by molar-refractivity contribution is -0.510. The van der Waals surface area contributed by atoms with E-state index in [1.54, 1.807) is 20.8 Å². The van der Waals surface area contributed by atoms with Gasteiger partial charge in [0.25, 0.3) is 0 Å². The molecule has 0 amide bonds. The molecule has 0 heterocycles. The van der Waals surface area contributed by atoms with Crippen LogP contribution in [0.3, 0.4) is 0 Å². The molecule has 0 aliphatic carbocycles. The first-order valence-electron chi connectivity index (χ1n) is 5.20. The minimum atomic E-state index is -1.22. The normalized spacial score (nSPS) is 11.1. The average Bonchev–Trinajstić information content (AvgIpc) is 2.27. The standard InChI is InChI=1S/C12H14O6/c1-12(2,3)17-18-16-11(15)9-7-5-4-6-8(9)10(13)14/h4-7H,1-3H3,(H,13,14). The minimum absolute atomic E-state index is 0.109. The van der Waals surface area contributed by atoms with Gasteiger partial charge in [-0.3, -0.25) is 4.89 Å². The van der Waals surface area contributed by atoms with Crippen LogP contribution >= 0.6 is 0 Å². The Hall–Kier alpha value is -1.92. The summed E-state index contributed by atoms with van der Waals surface area (Å²) in [5.41, 5.74) is -0.920. The van der Waals surface area contributed by atoms with Crippen molar-refractivity contribution in [2.24, 2.45) is 0 Å². The van der Waals surface area contributed by atoms with E-state index >= 15 is 0 Å². The summed E-state index contributed by atoms with van der Waals surface area (Å²) < 4.78 is 0. The Morgan fingerprint density at radius 2 is 1.67 bits per heavy atom. The van der Waals surface area contributed by atoms with Gasteiger partial charge in [0.1, 0.15) is 0 Å². The second kappa shape index (κ2) is 5.61. The highest BCUT2D eigenvalue weighted by atomic mass is 17.5. The molecule has 6 nitrogen and oxygen atoms in total. The van der Waals surface area contributed by atoms with Crippen LogP contribution in [-0.4, -0.2) is 22.6 Å². The van der Waals surface area contributed by atoms with Gasteiger partial charge in [0.05, 0.1) is 16.7 Å². The molecule has 0 aliphatic rings. The summed E-state index contributed by atoms with van der Waals surface area (Å²) in [6.07, 6.45) is 0. The molecule has 6 heteroatoms. The van der Waals surface area contributed by atoms with Gasteiger partial charge in [-0.05, 0) is 37.9 Å². The molecule has 1 aromatic rings. The molecule has 0 aromatic heterocycles. The van der Waals surface area contributed by atoms with Crippen molar-refractivity contribution in [1.29, 1.82) is 0 Å². The lowest BCUT2D eigenvalue weighted by atomic mass is 10.1. The van der Waals surface area contributed by atoms with Crippen LogP contribution in [0, 0.1) is 0 Å². The molecule has 1 aromatic carbocycles. The summed E-state index contributed by atoms with van der Waals surface area (Å²) in [5, 5.41) is 13.2. The summed E-state index contributed by atoms with van der Waals surface area (Å²) in [5.74, 6) is -2.16. The quantitative estimate of drug-likeness (QED) is 0.655.